The molecule has 2 amide bonds. The number of piperidine rings is 1. The van der Waals surface area contributed by atoms with Crippen LogP contribution in [0, 0.1) is 5.92 Å². The number of carboxylic acid groups (broad SMARTS) is 1. The van der Waals surface area contributed by atoms with E-state index in [0.29, 0.717) is 32.4 Å². The average Bonchev–Trinajstić information content (AvgIpc) is 2.52. The number of amides is 2. The van der Waals surface area contributed by atoms with Gasteiger partial charge in [0.05, 0.1) is 0 Å². The summed E-state index contributed by atoms with van der Waals surface area (Å²) in [5, 5.41) is 11.2. The zero-order chi connectivity index (χ0) is 18.4. The van der Waals surface area contributed by atoms with Crippen molar-refractivity contribution in [2.75, 3.05) is 18.4 Å². The fourth-order valence-corrected chi connectivity index (χ4v) is 2.73. The number of nitrogens with zero attached hydrogens (tertiary/aromatic N) is 1. The van der Waals surface area contributed by atoms with E-state index in [9.17, 15) is 22.8 Å². The minimum Gasteiger partial charge on any atom is -0.481 e. The summed E-state index contributed by atoms with van der Waals surface area (Å²) in [5.41, 5.74) is 0.208. The second-order valence-corrected chi connectivity index (χ2v) is 5.87. The predicted octanol–water partition coefficient (Wildman–Crippen LogP) is 3.69. The normalized spacial score (nSPS) is 15.7. The zero-order valence-corrected chi connectivity index (χ0v) is 13.4. The van der Waals surface area contributed by atoms with Gasteiger partial charge < -0.3 is 20.1 Å². The first-order valence-corrected chi connectivity index (χ1v) is 7.86. The average molecular weight is 360 g/mol. The molecule has 0 radical (unpaired) electrons. The Morgan fingerprint density at radius 2 is 1.96 bits per heavy atom. The van der Waals surface area contributed by atoms with Gasteiger partial charge in [-0.1, -0.05) is 6.07 Å². The smallest absolute Gasteiger partial charge is 0.481 e. The number of hydrogen-bond donors (Lipinski definition) is 2. The lowest BCUT2D eigenvalue weighted by Gasteiger charge is -2.31. The molecule has 0 aliphatic carbocycles. The maximum Gasteiger partial charge on any atom is 0.573 e. The Morgan fingerprint density at radius 1 is 1.28 bits per heavy atom. The Bertz CT molecular complexity index is 614. The van der Waals surface area contributed by atoms with E-state index in [-0.39, 0.29) is 18.0 Å². The first-order chi connectivity index (χ1) is 11.7. The van der Waals surface area contributed by atoms with Crippen LogP contribution in [0.3, 0.4) is 0 Å². The molecule has 138 valence electrons. The summed E-state index contributed by atoms with van der Waals surface area (Å²) in [6.45, 7) is 0.962. The monoisotopic (exact) mass is 360 g/mol. The topological polar surface area (TPSA) is 78.9 Å². The quantitative estimate of drug-likeness (QED) is 0.839. The molecule has 0 bridgehead atoms. The number of halogens is 3. The van der Waals surface area contributed by atoms with Gasteiger partial charge in [0.15, 0.2) is 0 Å². The number of anilines is 1. The zero-order valence-electron chi connectivity index (χ0n) is 13.4. The van der Waals surface area contributed by atoms with E-state index in [1.807, 2.05) is 0 Å². The summed E-state index contributed by atoms with van der Waals surface area (Å²) in [4.78, 5) is 24.3. The van der Waals surface area contributed by atoms with Crippen LogP contribution in [0.4, 0.5) is 23.7 Å². The summed E-state index contributed by atoms with van der Waals surface area (Å²) in [6.07, 6.45) is -2.68. The largest absolute Gasteiger partial charge is 0.573 e. The fourth-order valence-electron chi connectivity index (χ4n) is 2.73. The molecule has 25 heavy (non-hydrogen) atoms. The van der Waals surface area contributed by atoms with Gasteiger partial charge in [-0.2, -0.15) is 0 Å². The number of carboxylic acids is 1. The van der Waals surface area contributed by atoms with Crippen molar-refractivity contribution in [3.63, 3.8) is 0 Å². The molecule has 0 saturated carbocycles. The molecule has 2 rings (SSSR count). The molecule has 2 N–H and O–H groups in total. The van der Waals surface area contributed by atoms with E-state index in [1.54, 1.807) is 4.90 Å². The summed E-state index contributed by atoms with van der Waals surface area (Å²) in [6, 6.07) is 4.68. The van der Waals surface area contributed by atoms with E-state index in [0.717, 1.165) is 12.1 Å². The Labute approximate surface area is 142 Å². The van der Waals surface area contributed by atoms with Gasteiger partial charge in [0.2, 0.25) is 0 Å². The molecule has 1 fully saturated rings. The predicted molar refractivity (Wildman–Crippen MR) is 83.3 cm³/mol. The highest BCUT2D eigenvalue weighted by Gasteiger charge is 2.31. The summed E-state index contributed by atoms with van der Waals surface area (Å²) >= 11 is 0. The van der Waals surface area contributed by atoms with Crippen LogP contribution in [-0.2, 0) is 4.79 Å². The number of carbonyl (C=O) groups is 2. The van der Waals surface area contributed by atoms with E-state index in [2.05, 4.69) is 10.1 Å². The highest BCUT2D eigenvalue weighted by Crippen LogP contribution is 2.26. The number of hydrogen-bond acceptors (Lipinski definition) is 3. The standard InChI is InChI=1S/C16H19F3N2O4/c17-16(18,19)25-13-3-1-2-12(10-13)20-15(24)21-8-6-11(7-9-21)4-5-14(22)23/h1-3,10-11H,4-9H2,(H,20,24)(H,22,23). The molecule has 0 unspecified atom stereocenters. The van der Waals surface area contributed by atoms with Crippen molar-refractivity contribution in [1.82, 2.24) is 4.90 Å². The van der Waals surface area contributed by atoms with Crippen LogP contribution < -0.4 is 10.1 Å². The number of likely N-dealkylation sites (tertiary alicyclic amines) is 1. The van der Waals surface area contributed by atoms with E-state index in [1.165, 1.54) is 12.1 Å². The third-order valence-electron chi connectivity index (χ3n) is 3.99. The number of urea groups is 1. The Kier molecular flexibility index (Phi) is 6.11. The summed E-state index contributed by atoms with van der Waals surface area (Å²) in [7, 11) is 0. The third-order valence-corrected chi connectivity index (χ3v) is 3.99. The number of alkyl halides is 3. The molecule has 0 aromatic heterocycles. The van der Waals surface area contributed by atoms with Crippen LogP contribution in [0.5, 0.6) is 5.75 Å². The molecule has 1 aliphatic rings. The lowest BCUT2D eigenvalue weighted by Crippen LogP contribution is -2.41. The third kappa shape index (κ3) is 6.52. The Hall–Kier alpha value is -2.45. The van der Waals surface area contributed by atoms with Gasteiger partial charge in [0.25, 0.3) is 0 Å². The maximum atomic E-state index is 12.2. The van der Waals surface area contributed by atoms with Gasteiger partial charge >= 0.3 is 18.4 Å². The maximum absolute atomic E-state index is 12.2. The molecule has 1 saturated heterocycles. The van der Waals surface area contributed by atoms with E-state index >= 15 is 0 Å². The van der Waals surface area contributed by atoms with Crippen LogP contribution in [-0.4, -0.2) is 41.5 Å². The summed E-state index contributed by atoms with van der Waals surface area (Å²) < 4.78 is 40.5. The number of ether oxygens (including phenoxy) is 1. The van der Waals surface area contributed by atoms with Crippen LogP contribution in [0.2, 0.25) is 0 Å². The van der Waals surface area contributed by atoms with Crippen molar-refractivity contribution >= 4 is 17.7 Å². The lowest BCUT2D eigenvalue weighted by atomic mass is 9.92. The van der Waals surface area contributed by atoms with Crippen LogP contribution in [0.1, 0.15) is 25.7 Å². The molecule has 6 nitrogen and oxygen atoms in total. The van der Waals surface area contributed by atoms with Crippen LogP contribution in [0.15, 0.2) is 24.3 Å². The van der Waals surface area contributed by atoms with Gasteiger partial charge in [-0.05, 0) is 37.3 Å². The molecule has 1 aliphatic heterocycles. The number of benzene rings is 1. The number of aliphatic carboxylic acids is 1. The SMILES string of the molecule is O=C(O)CCC1CCN(C(=O)Nc2cccc(OC(F)(F)F)c2)CC1. The molecule has 1 heterocycles. The van der Waals surface area contributed by atoms with Crippen molar-refractivity contribution in [1.29, 1.82) is 0 Å². The minimum absolute atomic E-state index is 0.114. The minimum atomic E-state index is -4.79. The number of carbonyl (C=O) groups excluding carboxylic acids is 1. The first kappa shape index (κ1) is 18.9. The highest BCUT2D eigenvalue weighted by atomic mass is 19.4. The van der Waals surface area contributed by atoms with Crippen molar-refractivity contribution in [3.05, 3.63) is 24.3 Å². The van der Waals surface area contributed by atoms with Gasteiger partial charge in [0, 0.05) is 31.3 Å². The van der Waals surface area contributed by atoms with E-state index < -0.39 is 24.1 Å². The number of rotatable bonds is 5. The fraction of sp³-hybridized carbons (Fsp3) is 0.500. The Morgan fingerprint density at radius 3 is 2.56 bits per heavy atom. The van der Waals surface area contributed by atoms with Gasteiger partial charge in [-0.3, -0.25) is 4.79 Å². The second kappa shape index (κ2) is 8.09. The van der Waals surface area contributed by atoms with Crippen molar-refractivity contribution in [2.45, 2.75) is 32.0 Å². The van der Waals surface area contributed by atoms with Crippen LogP contribution >= 0.6 is 0 Å². The molecular formula is C16H19F3N2O4. The summed E-state index contributed by atoms with van der Waals surface area (Å²) in [5.74, 6) is -0.970. The van der Waals surface area contributed by atoms with Crippen LogP contribution in [0.25, 0.3) is 0 Å². The van der Waals surface area contributed by atoms with Crippen molar-refractivity contribution < 1.29 is 32.6 Å². The van der Waals surface area contributed by atoms with E-state index in [4.69, 9.17) is 5.11 Å². The highest BCUT2D eigenvalue weighted by molar-refractivity contribution is 5.89. The molecule has 0 atom stereocenters. The van der Waals surface area contributed by atoms with Gasteiger partial charge in [-0.15, -0.1) is 13.2 Å². The molecule has 0 spiro atoms. The first-order valence-electron chi connectivity index (χ1n) is 7.86. The van der Waals surface area contributed by atoms with Gasteiger partial charge in [0.1, 0.15) is 5.75 Å². The lowest BCUT2D eigenvalue weighted by molar-refractivity contribution is -0.274. The molecule has 9 heteroatoms. The second-order valence-electron chi connectivity index (χ2n) is 5.87. The van der Waals surface area contributed by atoms with Crippen molar-refractivity contribution in [3.8, 4) is 5.75 Å². The molecule has 1 aromatic carbocycles. The van der Waals surface area contributed by atoms with Gasteiger partial charge in [-0.25, -0.2) is 4.79 Å². The number of nitrogens with one attached hydrogen (secondary N) is 1. The molecular weight excluding hydrogens is 341 g/mol. The van der Waals surface area contributed by atoms with Crippen molar-refractivity contribution in [2.24, 2.45) is 5.92 Å². The molecule has 1 aromatic rings. The Balaban J connectivity index is 1.84.